The third-order valence-corrected chi connectivity index (χ3v) is 1.55. The second-order valence-corrected chi connectivity index (χ2v) is 3.25. The molecule has 14 heavy (non-hydrogen) atoms. The Hall–Kier alpha value is -1.65. The molecule has 0 aliphatic rings. The van der Waals surface area contributed by atoms with Crippen LogP contribution in [0.3, 0.4) is 0 Å². The summed E-state index contributed by atoms with van der Waals surface area (Å²) in [5.74, 6) is -0.185. The summed E-state index contributed by atoms with van der Waals surface area (Å²) in [6.07, 6.45) is 2.94. The highest BCUT2D eigenvalue weighted by atomic mass is 16.2. The molecule has 0 bridgehead atoms. The highest BCUT2D eigenvalue weighted by Crippen LogP contribution is 1.82. The lowest BCUT2D eigenvalue weighted by Gasteiger charge is -2.08. The van der Waals surface area contributed by atoms with Crippen LogP contribution in [-0.2, 0) is 11.3 Å². The summed E-state index contributed by atoms with van der Waals surface area (Å²) in [7, 11) is 0. The first kappa shape index (κ1) is 10.4. The van der Waals surface area contributed by atoms with Gasteiger partial charge in [0.2, 0.25) is 5.91 Å². The van der Waals surface area contributed by atoms with Crippen molar-refractivity contribution >= 4 is 5.91 Å². The second kappa shape index (κ2) is 4.55. The lowest BCUT2D eigenvalue weighted by molar-refractivity contribution is -0.122. The Kier molecular flexibility index (Phi) is 3.39. The Bertz CT molecular complexity index is 370. The van der Waals surface area contributed by atoms with Gasteiger partial charge in [-0.1, -0.05) is 0 Å². The molecular weight excluding hydrogens is 182 g/mol. The Morgan fingerprint density at radius 3 is 2.93 bits per heavy atom. The molecule has 76 valence electrons. The summed E-state index contributed by atoms with van der Waals surface area (Å²) in [4.78, 5) is 25.9. The average molecular weight is 195 g/mol. The Balaban J connectivity index is 2.65. The van der Waals surface area contributed by atoms with Crippen LogP contribution in [0.4, 0.5) is 0 Å². The van der Waals surface area contributed by atoms with E-state index in [1.807, 2.05) is 13.8 Å². The van der Waals surface area contributed by atoms with E-state index in [2.05, 4.69) is 10.3 Å². The third kappa shape index (κ3) is 3.01. The minimum absolute atomic E-state index is 0.0187. The van der Waals surface area contributed by atoms with Crippen molar-refractivity contribution < 1.29 is 4.79 Å². The molecule has 1 aromatic heterocycles. The van der Waals surface area contributed by atoms with Gasteiger partial charge in [0.1, 0.15) is 6.54 Å². The van der Waals surface area contributed by atoms with E-state index < -0.39 is 5.69 Å². The third-order valence-electron chi connectivity index (χ3n) is 1.55. The summed E-state index contributed by atoms with van der Waals surface area (Å²) in [6.45, 7) is 3.75. The number of aromatic nitrogens is 2. The van der Waals surface area contributed by atoms with Crippen molar-refractivity contribution in [2.75, 3.05) is 0 Å². The molecule has 1 rings (SSSR count). The zero-order valence-electron chi connectivity index (χ0n) is 8.23. The van der Waals surface area contributed by atoms with E-state index in [1.54, 1.807) is 6.07 Å². The van der Waals surface area contributed by atoms with Gasteiger partial charge in [0.15, 0.2) is 0 Å². The van der Waals surface area contributed by atoms with E-state index in [-0.39, 0.29) is 18.5 Å². The van der Waals surface area contributed by atoms with Crippen molar-refractivity contribution in [1.29, 1.82) is 0 Å². The summed E-state index contributed by atoms with van der Waals surface area (Å²) >= 11 is 0. The SMILES string of the molecule is CC(C)NC(=O)Cn1cccnc1=O. The van der Waals surface area contributed by atoms with Crippen LogP contribution < -0.4 is 11.0 Å². The average Bonchev–Trinajstić information content (AvgIpc) is 2.07. The number of hydrogen-bond acceptors (Lipinski definition) is 3. The molecule has 1 aromatic rings. The molecule has 0 fully saturated rings. The molecule has 1 N–H and O–H groups in total. The fourth-order valence-corrected chi connectivity index (χ4v) is 1.03. The lowest BCUT2D eigenvalue weighted by atomic mass is 10.4. The fraction of sp³-hybridized carbons (Fsp3) is 0.444. The van der Waals surface area contributed by atoms with Gasteiger partial charge in [-0.2, -0.15) is 0 Å². The van der Waals surface area contributed by atoms with Crippen LogP contribution in [-0.4, -0.2) is 21.5 Å². The number of carbonyl (C=O) groups excluding carboxylic acids is 1. The van der Waals surface area contributed by atoms with Gasteiger partial charge in [0.05, 0.1) is 0 Å². The second-order valence-electron chi connectivity index (χ2n) is 3.25. The lowest BCUT2D eigenvalue weighted by Crippen LogP contribution is -2.36. The Labute approximate surface area is 81.8 Å². The van der Waals surface area contributed by atoms with Crippen molar-refractivity contribution in [2.24, 2.45) is 0 Å². The minimum atomic E-state index is -0.411. The molecule has 1 amide bonds. The van der Waals surface area contributed by atoms with Crippen LogP contribution in [0.1, 0.15) is 13.8 Å². The number of nitrogens with zero attached hydrogens (tertiary/aromatic N) is 2. The first-order chi connectivity index (χ1) is 6.59. The van der Waals surface area contributed by atoms with E-state index in [0.29, 0.717) is 0 Å². The van der Waals surface area contributed by atoms with Crippen LogP contribution >= 0.6 is 0 Å². The first-order valence-electron chi connectivity index (χ1n) is 4.40. The molecule has 0 saturated carbocycles. The Morgan fingerprint density at radius 2 is 2.36 bits per heavy atom. The number of rotatable bonds is 3. The van der Waals surface area contributed by atoms with E-state index in [0.717, 1.165) is 0 Å². The molecule has 5 nitrogen and oxygen atoms in total. The van der Waals surface area contributed by atoms with Gasteiger partial charge in [-0.15, -0.1) is 0 Å². The van der Waals surface area contributed by atoms with Crippen molar-refractivity contribution in [3.8, 4) is 0 Å². The van der Waals surface area contributed by atoms with Gasteiger partial charge < -0.3 is 5.32 Å². The van der Waals surface area contributed by atoms with E-state index in [1.165, 1.54) is 17.0 Å². The standard InChI is InChI=1S/C9H13N3O2/c1-7(2)11-8(13)6-12-5-3-4-10-9(12)14/h3-5,7H,6H2,1-2H3,(H,11,13). The molecule has 0 aromatic carbocycles. The summed E-state index contributed by atoms with van der Waals surface area (Å²) in [5.41, 5.74) is -0.411. The van der Waals surface area contributed by atoms with Gasteiger partial charge in [0.25, 0.3) is 0 Å². The van der Waals surface area contributed by atoms with Gasteiger partial charge >= 0.3 is 5.69 Å². The van der Waals surface area contributed by atoms with Crippen molar-refractivity contribution in [2.45, 2.75) is 26.4 Å². The maximum Gasteiger partial charge on any atom is 0.347 e. The van der Waals surface area contributed by atoms with Crippen LogP contribution in [0.2, 0.25) is 0 Å². The maximum absolute atomic E-state index is 11.3. The smallest absolute Gasteiger partial charge is 0.347 e. The zero-order valence-corrected chi connectivity index (χ0v) is 8.23. The van der Waals surface area contributed by atoms with E-state index in [9.17, 15) is 9.59 Å². The van der Waals surface area contributed by atoms with Crippen molar-refractivity contribution in [1.82, 2.24) is 14.9 Å². The molecule has 0 saturated heterocycles. The van der Waals surface area contributed by atoms with Gasteiger partial charge in [0, 0.05) is 18.4 Å². The molecule has 0 unspecified atom stereocenters. The van der Waals surface area contributed by atoms with Crippen LogP contribution in [0, 0.1) is 0 Å². The molecular formula is C9H13N3O2. The van der Waals surface area contributed by atoms with Crippen LogP contribution in [0.5, 0.6) is 0 Å². The molecule has 0 aliphatic carbocycles. The zero-order chi connectivity index (χ0) is 10.6. The summed E-state index contributed by atoms with van der Waals surface area (Å²) in [6, 6.07) is 1.69. The van der Waals surface area contributed by atoms with E-state index in [4.69, 9.17) is 0 Å². The quantitative estimate of drug-likeness (QED) is 0.724. The van der Waals surface area contributed by atoms with Gasteiger partial charge in [-0.25, -0.2) is 9.78 Å². The number of hydrogen-bond donors (Lipinski definition) is 1. The normalized spacial score (nSPS) is 10.2. The minimum Gasteiger partial charge on any atom is -0.352 e. The van der Waals surface area contributed by atoms with E-state index >= 15 is 0 Å². The van der Waals surface area contributed by atoms with Crippen molar-refractivity contribution in [3.05, 3.63) is 28.9 Å². The molecule has 0 aliphatic heterocycles. The highest BCUT2D eigenvalue weighted by molar-refractivity contribution is 5.75. The monoisotopic (exact) mass is 195 g/mol. The van der Waals surface area contributed by atoms with Gasteiger partial charge in [-0.05, 0) is 19.9 Å². The number of carbonyl (C=O) groups is 1. The molecule has 0 atom stereocenters. The highest BCUT2D eigenvalue weighted by Gasteiger charge is 2.04. The largest absolute Gasteiger partial charge is 0.352 e. The number of nitrogens with one attached hydrogen (secondary N) is 1. The molecule has 0 spiro atoms. The molecule has 0 radical (unpaired) electrons. The van der Waals surface area contributed by atoms with Crippen LogP contribution in [0.15, 0.2) is 23.3 Å². The van der Waals surface area contributed by atoms with Crippen molar-refractivity contribution in [3.63, 3.8) is 0 Å². The predicted octanol–water partition coefficient (Wildman–Crippen LogP) is -0.232. The molecule has 5 heteroatoms. The maximum atomic E-state index is 11.3. The van der Waals surface area contributed by atoms with Gasteiger partial charge in [-0.3, -0.25) is 9.36 Å². The van der Waals surface area contributed by atoms with Crippen LogP contribution in [0.25, 0.3) is 0 Å². The topological polar surface area (TPSA) is 64.0 Å². The first-order valence-corrected chi connectivity index (χ1v) is 4.40. The molecule has 1 heterocycles. The predicted molar refractivity (Wildman–Crippen MR) is 51.8 cm³/mol. The summed E-state index contributed by atoms with van der Waals surface area (Å²) in [5, 5.41) is 2.69. The Morgan fingerprint density at radius 1 is 1.64 bits per heavy atom. The summed E-state index contributed by atoms with van der Waals surface area (Å²) < 4.78 is 1.26. The fourth-order valence-electron chi connectivity index (χ4n) is 1.03. The number of amides is 1.